The number of nitrogens with zero attached hydrogens (tertiary/aromatic N) is 2. The van der Waals surface area contributed by atoms with Gasteiger partial charge in [0.15, 0.2) is 0 Å². The highest BCUT2D eigenvalue weighted by Crippen LogP contribution is 2.51. The third-order valence-electron chi connectivity index (χ3n) is 7.98. The number of nitrogens with one attached hydrogen (secondary N) is 1. The average Bonchev–Trinajstić information content (AvgIpc) is 3.66. The predicted molar refractivity (Wildman–Crippen MR) is 128 cm³/mol. The molecule has 3 atom stereocenters. The molecule has 1 amide bonds. The van der Waals surface area contributed by atoms with Gasteiger partial charge in [-0.25, -0.2) is 0 Å². The molecule has 5 rings (SSSR count). The number of carbonyl (C=O) groups is 1. The van der Waals surface area contributed by atoms with Gasteiger partial charge in [0.05, 0.1) is 11.6 Å². The highest BCUT2D eigenvalue weighted by atomic mass is 16.2. The van der Waals surface area contributed by atoms with Gasteiger partial charge in [-0.2, -0.15) is 5.26 Å². The lowest BCUT2D eigenvalue weighted by Crippen LogP contribution is -2.50. The van der Waals surface area contributed by atoms with Crippen LogP contribution in [0.5, 0.6) is 0 Å². The van der Waals surface area contributed by atoms with Crippen molar-refractivity contribution in [2.75, 3.05) is 18.0 Å². The molecule has 2 aromatic carbocycles. The third kappa shape index (κ3) is 3.95. The van der Waals surface area contributed by atoms with Crippen LogP contribution < -0.4 is 10.2 Å². The number of fused-ring (bicyclic) bond motifs is 1. The molecule has 166 valence electrons. The summed E-state index contributed by atoms with van der Waals surface area (Å²) in [5.41, 5.74) is 5.87. The Bertz CT molecular complexity index is 1030. The van der Waals surface area contributed by atoms with E-state index in [4.69, 9.17) is 5.26 Å². The lowest BCUT2D eigenvalue weighted by Gasteiger charge is -2.46. The molecule has 1 saturated carbocycles. The summed E-state index contributed by atoms with van der Waals surface area (Å²) >= 11 is 0. The Hall–Kier alpha value is -2.64. The fraction of sp³-hybridized carbons (Fsp3) is 0.500. The maximum Gasteiger partial charge on any atom is 0.224 e. The van der Waals surface area contributed by atoms with Crippen LogP contribution in [-0.2, 0) is 11.2 Å². The number of hydrogen-bond donors (Lipinski definition) is 1. The molecular formula is C28H33N3O. The van der Waals surface area contributed by atoms with Crippen LogP contribution in [0.3, 0.4) is 0 Å². The molecular weight excluding hydrogens is 394 g/mol. The molecule has 1 N–H and O–H groups in total. The molecule has 1 aliphatic carbocycles. The first kappa shape index (κ1) is 21.2. The number of benzene rings is 2. The van der Waals surface area contributed by atoms with Gasteiger partial charge in [-0.15, -0.1) is 0 Å². The van der Waals surface area contributed by atoms with E-state index < -0.39 is 0 Å². The standard InChI is InChI=1S/C28H33N3O/c1-18-25(15-20-3-5-21(17-29)6-4-20)26-16-24(22-11-13-30-14-12-22)9-10-27(26)31(19(2)32)28(18)23-7-8-23/h3-6,9-10,16,18,22-23,25,28,30H,7-8,11-15H2,1-2H3/t18-,25-,28-/m1/s1. The Morgan fingerprint density at radius 1 is 1.09 bits per heavy atom. The van der Waals surface area contributed by atoms with E-state index >= 15 is 0 Å². The van der Waals surface area contributed by atoms with Gasteiger partial charge < -0.3 is 10.2 Å². The first-order valence-electron chi connectivity index (χ1n) is 12.2. The summed E-state index contributed by atoms with van der Waals surface area (Å²) in [6.45, 7) is 6.24. The van der Waals surface area contributed by atoms with E-state index in [0.29, 0.717) is 29.2 Å². The lowest BCUT2D eigenvalue weighted by atomic mass is 9.72. The number of piperidine rings is 1. The topological polar surface area (TPSA) is 56.1 Å². The summed E-state index contributed by atoms with van der Waals surface area (Å²) < 4.78 is 0. The van der Waals surface area contributed by atoms with Crippen molar-refractivity contribution in [2.24, 2.45) is 11.8 Å². The molecule has 2 fully saturated rings. The molecule has 4 nitrogen and oxygen atoms in total. The minimum absolute atomic E-state index is 0.168. The SMILES string of the molecule is CC(=O)N1c2ccc(C3CCNCC3)cc2[C@H](Cc2ccc(C#N)cc2)[C@@H](C)[C@@H]1C1CC1. The average molecular weight is 428 g/mol. The monoisotopic (exact) mass is 427 g/mol. The van der Waals surface area contributed by atoms with E-state index in [1.165, 1.54) is 42.4 Å². The molecule has 0 unspecified atom stereocenters. The van der Waals surface area contributed by atoms with Gasteiger partial charge in [0.2, 0.25) is 5.91 Å². The Labute approximate surface area is 191 Å². The van der Waals surface area contributed by atoms with Crippen molar-refractivity contribution in [3.8, 4) is 6.07 Å². The van der Waals surface area contributed by atoms with Crippen molar-refractivity contribution < 1.29 is 4.79 Å². The number of hydrogen-bond acceptors (Lipinski definition) is 3. The molecule has 32 heavy (non-hydrogen) atoms. The lowest BCUT2D eigenvalue weighted by molar-refractivity contribution is -0.117. The molecule has 3 aliphatic rings. The van der Waals surface area contributed by atoms with Gasteiger partial charge in [-0.3, -0.25) is 4.79 Å². The molecule has 4 heteroatoms. The van der Waals surface area contributed by atoms with Crippen LogP contribution in [0, 0.1) is 23.2 Å². The van der Waals surface area contributed by atoms with E-state index in [2.05, 4.69) is 53.5 Å². The summed E-state index contributed by atoms with van der Waals surface area (Å²) in [5, 5.41) is 12.6. The number of amides is 1. The minimum atomic E-state index is 0.168. The van der Waals surface area contributed by atoms with Gasteiger partial charge in [0, 0.05) is 18.7 Å². The Morgan fingerprint density at radius 2 is 1.81 bits per heavy atom. The molecule has 0 radical (unpaired) electrons. The van der Waals surface area contributed by atoms with Gasteiger partial charge in [0.1, 0.15) is 0 Å². The number of carbonyl (C=O) groups excluding carboxylic acids is 1. The van der Waals surface area contributed by atoms with Crippen molar-refractivity contribution in [3.63, 3.8) is 0 Å². The van der Waals surface area contributed by atoms with E-state index in [-0.39, 0.29) is 11.9 Å². The third-order valence-corrected chi connectivity index (χ3v) is 7.98. The van der Waals surface area contributed by atoms with Crippen LogP contribution in [0.2, 0.25) is 0 Å². The van der Waals surface area contributed by atoms with Crippen LogP contribution in [0.1, 0.15) is 73.6 Å². The Balaban J connectivity index is 1.56. The van der Waals surface area contributed by atoms with Crippen LogP contribution in [0.4, 0.5) is 5.69 Å². The number of nitriles is 1. The van der Waals surface area contributed by atoms with Crippen LogP contribution in [-0.4, -0.2) is 25.0 Å². The predicted octanol–water partition coefficient (Wildman–Crippen LogP) is 5.13. The minimum Gasteiger partial charge on any atom is -0.317 e. The van der Waals surface area contributed by atoms with E-state index in [1.54, 1.807) is 6.92 Å². The zero-order valence-electron chi connectivity index (χ0n) is 19.2. The van der Waals surface area contributed by atoms with Crippen molar-refractivity contribution in [2.45, 2.75) is 63.8 Å². The summed E-state index contributed by atoms with van der Waals surface area (Å²) in [5.74, 6) is 2.16. The molecule has 0 spiro atoms. The van der Waals surface area contributed by atoms with Crippen molar-refractivity contribution in [1.82, 2.24) is 5.32 Å². The highest BCUT2D eigenvalue weighted by molar-refractivity contribution is 5.94. The maximum absolute atomic E-state index is 12.9. The summed E-state index contributed by atoms with van der Waals surface area (Å²) in [6.07, 6.45) is 5.76. The smallest absolute Gasteiger partial charge is 0.224 e. The molecule has 0 bridgehead atoms. The number of rotatable bonds is 4. The van der Waals surface area contributed by atoms with Gasteiger partial charge in [0.25, 0.3) is 0 Å². The normalized spacial score (nSPS) is 25.8. The second-order valence-electron chi connectivity index (χ2n) is 10.0. The highest BCUT2D eigenvalue weighted by Gasteiger charge is 2.47. The van der Waals surface area contributed by atoms with E-state index in [1.807, 2.05) is 12.1 Å². The Morgan fingerprint density at radius 3 is 2.44 bits per heavy atom. The summed E-state index contributed by atoms with van der Waals surface area (Å²) in [6, 6.07) is 17.5. The van der Waals surface area contributed by atoms with Crippen LogP contribution in [0.25, 0.3) is 0 Å². The quantitative estimate of drug-likeness (QED) is 0.736. The zero-order chi connectivity index (χ0) is 22.2. The molecule has 2 aromatic rings. The van der Waals surface area contributed by atoms with Crippen molar-refractivity contribution in [1.29, 1.82) is 5.26 Å². The van der Waals surface area contributed by atoms with E-state index in [0.717, 1.165) is 25.2 Å². The number of anilines is 1. The molecule has 2 aliphatic heterocycles. The summed E-state index contributed by atoms with van der Waals surface area (Å²) in [4.78, 5) is 15.0. The molecule has 0 aromatic heterocycles. The first-order valence-corrected chi connectivity index (χ1v) is 12.2. The molecule has 1 saturated heterocycles. The van der Waals surface area contributed by atoms with Crippen molar-refractivity contribution in [3.05, 3.63) is 64.7 Å². The van der Waals surface area contributed by atoms with Gasteiger partial charge >= 0.3 is 0 Å². The fourth-order valence-electron chi connectivity index (χ4n) is 6.14. The van der Waals surface area contributed by atoms with E-state index in [9.17, 15) is 4.79 Å². The second-order valence-corrected chi connectivity index (χ2v) is 10.0. The second kappa shape index (κ2) is 8.71. The zero-order valence-corrected chi connectivity index (χ0v) is 19.2. The molecule has 2 heterocycles. The van der Waals surface area contributed by atoms with Crippen molar-refractivity contribution >= 4 is 11.6 Å². The maximum atomic E-state index is 12.9. The van der Waals surface area contributed by atoms with Crippen LogP contribution in [0.15, 0.2) is 42.5 Å². The van der Waals surface area contributed by atoms with Gasteiger partial charge in [-0.1, -0.05) is 31.2 Å². The summed E-state index contributed by atoms with van der Waals surface area (Å²) in [7, 11) is 0. The first-order chi connectivity index (χ1) is 15.6. The Kier molecular flexibility index (Phi) is 5.78. The largest absolute Gasteiger partial charge is 0.317 e. The van der Waals surface area contributed by atoms with Crippen LogP contribution >= 0.6 is 0 Å². The fourth-order valence-corrected chi connectivity index (χ4v) is 6.14. The van der Waals surface area contributed by atoms with Gasteiger partial charge in [-0.05, 0) is 104 Å².